The first-order valence-electron chi connectivity index (χ1n) is 19.8. The molecule has 59 heavy (non-hydrogen) atoms. The van der Waals surface area contributed by atoms with Gasteiger partial charge in [0.05, 0.1) is 33.1 Å². The maximum atomic E-state index is 5.14. The smallest absolute Gasteiger partial charge is 0.238 e. The molecule has 0 spiro atoms. The Balaban J connectivity index is 1.14. The summed E-state index contributed by atoms with van der Waals surface area (Å²) < 4.78 is 7.11. The number of hydrogen-bond acceptors (Lipinski definition) is 4. The molecular weight excluding hydrogens is 723 g/mol. The van der Waals surface area contributed by atoms with E-state index in [2.05, 4.69) is 152 Å². The molecule has 0 bridgehead atoms. The van der Waals surface area contributed by atoms with Crippen molar-refractivity contribution in [2.75, 3.05) is 0 Å². The third-order valence-corrected chi connectivity index (χ3v) is 11.9. The van der Waals surface area contributed by atoms with Crippen molar-refractivity contribution in [3.8, 4) is 40.2 Å². The Labute approximate surface area is 337 Å². The van der Waals surface area contributed by atoms with Crippen LogP contribution in [0.5, 0.6) is 0 Å². The van der Waals surface area contributed by atoms with Crippen LogP contribution in [0.25, 0.3) is 116 Å². The topological polar surface area (TPSA) is 66.3 Å². The lowest BCUT2D eigenvalue weighted by Crippen LogP contribution is -2.07. The molecule has 0 atom stereocenters. The molecule has 5 heterocycles. The third-order valence-electron chi connectivity index (χ3n) is 11.9. The number of pyridine rings is 1. The second kappa shape index (κ2) is 12.2. The number of para-hydroxylation sites is 3. The largest absolute Gasteiger partial charge is 0.307 e. The second-order valence-electron chi connectivity index (χ2n) is 15.1. The van der Waals surface area contributed by atoms with Gasteiger partial charge in [-0.05, 0) is 77.5 Å². The summed E-state index contributed by atoms with van der Waals surface area (Å²) in [5, 5.41) is 9.69. The van der Waals surface area contributed by atoms with Gasteiger partial charge in [-0.3, -0.25) is 9.55 Å². The van der Waals surface area contributed by atoms with Crippen LogP contribution in [0.15, 0.2) is 188 Å². The van der Waals surface area contributed by atoms with Crippen LogP contribution in [-0.4, -0.2) is 33.6 Å². The molecule has 274 valence electrons. The zero-order valence-corrected chi connectivity index (χ0v) is 31.5. The second-order valence-corrected chi connectivity index (χ2v) is 15.1. The molecule has 0 unspecified atom stereocenters. The normalized spacial score (nSPS) is 12.1. The van der Waals surface area contributed by atoms with Crippen LogP contribution in [0.3, 0.4) is 0 Å². The highest BCUT2D eigenvalue weighted by atomic mass is 15.2. The summed E-state index contributed by atoms with van der Waals surface area (Å²) in [6.45, 7) is 0. The SMILES string of the molecule is c1ccc(-c2nc(-c3ccccn3)nc(-n3c4ccccc4c4cc(-n5c6cccc7ccc8cc9c%10ccccc%10n(-c%10ccccc%10)c9c5c8c76)ccc43)n2)cc1. The lowest BCUT2D eigenvalue weighted by Gasteiger charge is -2.13. The molecule has 0 saturated heterocycles. The van der Waals surface area contributed by atoms with Gasteiger partial charge in [0.1, 0.15) is 5.69 Å². The van der Waals surface area contributed by atoms with E-state index in [1.807, 2.05) is 48.5 Å². The Morgan fingerprint density at radius 1 is 0.356 bits per heavy atom. The first-order valence-corrected chi connectivity index (χ1v) is 19.8. The van der Waals surface area contributed by atoms with E-state index in [1.165, 1.54) is 54.4 Å². The van der Waals surface area contributed by atoms with E-state index in [0.29, 0.717) is 23.3 Å². The Hall–Kier alpha value is -8.16. The van der Waals surface area contributed by atoms with Crippen molar-refractivity contribution < 1.29 is 0 Å². The number of aromatic nitrogens is 7. The van der Waals surface area contributed by atoms with Gasteiger partial charge in [-0.1, -0.05) is 115 Å². The zero-order chi connectivity index (χ0) is 38.6. The first kappa shape index (κ1) is 32.0. The maximum Gasteiger partial charge on any atom is 0.238 e. The van der Waals surface area contributed by atoms with E-state index in [-0.39, 0.29) is 0 Å². The van der Waals surface area contributed by atoms with Crippen LogP contribution in [-0.2, 0) is 0 Å². The fourth-order valence-electron chi connectivity index (χ4n) is 9.41. The fourth-order valence-corrected chi connectivity index (χ4v) is 9.41. The Kier molecular flexibility index (Phi) is 6.60. The molecule has 7 heteroatoms. The van der Waals surface area contributed by atoms with Crippen molar-refractivity contribution in [3.05, 3.63) is 188 Å². The summed E-state index contributed by atoms with van der Waals surface area (Å²) in [7, 11) is 0. The number of rotatable bonds is 5. The van der Waals surface area contributed by atoms with Gasteiger partial charge in [0.15, 0.2) is 11.6 Å². The predicted octanol–water partition coefficient (Wildman–Crippen LogP) is 12.5. The zero-order valence-electron chi connectivity index (χ0n) is 31.5. The van der Waals surface area contributed by atoms with Gasteiger partial charge in [0, 0.05) is 55.5 Å². The highest BCUT2D eigenvalue weighted by Gasteiger charge is 2.25. The van der Waals surface area contributed by atoms with Crippen molar-refractivity contribution in [1.82, 2.24) is 33.6 Å². The molecule has 13 rings (SSSR count). The highest BCUT2D eigenvalue weighted by Crippen LogP contribution is 2.46. The quantitative estimate of drug-likeness (QED) is 0.164. The highest BCUT2D eigenvalue weighted by molar-refractivity contribution is 6.32. The summed E-state index contributed by atoms with van der Waals surface area (Å²) in [6, 6.07) is 64.4. The Morgan fingerprint density at radius 2 is 1.02 bits per heavy atom. The molecule has 0 fully saturated rings. The minimum atomic E-state index is 0.519. The van der Waals surface area contributed by atoms with Crippen LogP contribution < -0.4 is 0 Å². The molecule has 7 nitrogen and oxygen atoms in total. The van der Waals surface area contributed by atoms with Gasteiger partial charge in [0.2, 0.25) is 5.95 Å². The summed E-state index contributed by atoms with van der Waals surface area (Å²) in [5.74, 6) is 1.65. The van der Waals surface area contributed by atoms with Crippen molar-refractivity contribution in [3.63, 3.8) is 0 Å². The predicted molar refractivity (Wildman–Crippen MR) is 240 cm³/mol. The lowest BCUT2D eigenvalue weighted by atomic mass is 10.00. The van der Waals surface area contributed by atoms with Gasteiger partial charge >= 0.3 is 0 Å². The van der Waals surface area contributed by atoms with Crippen LogP contribution in [0.4, 0.5) is 0 Å². The van der Waals surface area contributed by atoms with Crippen molar-refractivity contribution in [1.29, 1.82) is 0 Å². The maximum absolute atomic E-state index is 5.14. The van der Waals surface area contributed by atoms with E-state index in [0.717, 1.165) is 38.7 Å². The molecule has 0 saturated carbocycles. The first-order chi connectivity index (χ1) is 29.3. The van der Waals surface area contributed by atoms with E-state index in [4.69, 9.17) is 15.0 Å². The van der Waals surface area contributed by atoms with E-state index in [9.17, 15) is 0 Å². The number of benzene rings is 8. The monoisotopic (exact) mass is 753 g/mol. The molecule has 0 aliphatic rings. The van der Waals surface area contributed by atoms with E-state index in [1.54, 1.807) is 6.20 Å². The molecule has 13 aromatic rings. The summed E-state index contributed by atoms with van der Waals surface area (Å²) >= 11 is 0. The number of nitrogens with zero attached hydrogens (tertiary/aromatic N) is 7. The lowest BCUT2D eigenvalue weighted by molar-refractivity contribution is 0.948. The molecule has 0 amide bonds. The summed E-state index contributed by atoms with van der Waals surface area (Å²) in [5.41, 5.74) is 10.6. The summed E-state index contributed by atoms with van der Waals surface area (Å²) in [6.07, 6.45) is 1.77. The standard InChI is InChI=1S/C52H31N7/c1-3-14-33(15-4-1)50-54-51(41-21-11-12-29-53-41)56-52(55-50)59-43-23-10-7-19-37(43)39-31-36(27-28-44(39)59)58-45-24-13-16-32-25-26-34-30-40-38-20-8-9-22-42(38)57(35-17-5-2-6-18-35)48(40)49(58)47(34)46(32)45/h1-31H. The van der Waals surface area contributed by atoms with Crippen molar-refractivity contribution in [2.45, 2.75) is 0 Å². The molecule has 0 aliphatic heterocycles. The van der Waals surface area contributed by atoms with Crippen molar-refractivity contribution >= 4 is 76.2 Å². The van der Waals surface area contributed by atoms with Gasteiger partial charge in [0.25, 0.3) is 0 Å². The van der Waals surface area contributed by atoms with Gasteiger partial charge in [-0.2, -0.15) is 9.97 Å². The van der Waals surface area contributed by atoms with E-state index >= 15 is 0 Å². The fraction of sp³-hybridized carbons (Fsp3) is 0. The Bertz CT molecular complexity index is 3710. The van der Waals surface area contributed by atoms with Crippen LogP contribution in [0.1, 0.15) is 0 Å². The van der Waals surface area contributed by atoms with Crippen LogP contribution in [0.2, 0.25) is 0 Å². The number of fused-ring (bicyclic) bond motifs is 7. The molecule has 0 N–H and O–H groups in total. The Morgan fingerprint density at radius 3 is 1.83 bits per heavy atom. The average molecular weight is 754 g/mol. The molecule has 0 aliphatic carbocycles. The number of hydrogen-bond donors (Lipinski definition) is 0. The van der Waals surface area contributed by atoms with Gasteiger partial charge < -0.3 is 9.13 Å². The van der Waals surface area contributed by atoms with Crippen molar-refractivity contribution in [2.24, 2.45) is 0 Å². The average Bonchev–Trinajstić information content (AvgIpc) is 3.95. The van der Waals surface area contributed by atoms with Gasteiger partial charge in [-0.25, -0.2) is 4.98 Å². The van der Waals surface area contributed by atoms with Crippen LogP contribution >= 0.6 is 0 Å². The minimum absolute atomic E-state index is 0.519. The molecule has 0 radical (unpaired) electrons. The van der Waals surface area contributed by atoms with Crippen LogP contribution in [0, 0.1) is 0 Å². The molecule has 8 aromatic carbocycles. The molecular formula is C52H31N7. The molecule has 5 aromatic heterocycles. The third kappa shape index (κ3) is 4.58. The minimum Gasteiger partial charge on any atom is -0.307 e. The van der Waals surface area contributed by atoms with Gasteiger partial charge in [-0.15, -0.1) is 0 Å². The van der Waals surface area contributed by atoms with E-state index < -0.39 is 0 Å². The summed E-state index contributed by atoms with van der Waals surface area (Å²) in [4.78, 5) is 19.8.